The van der Waals surface area contributed by atoms with E-state index in [1.54, 1.807) is 6.07 Å². The molecule has 0 radical (unpaired) electrons. The number of carbonyl (C=O) groups is 1. The molecule has 1 amide bonds. The quantitative estimate of drug-likeness (QED) is 0.371. The van der Waals surface area contributed by atoms with Crippen molar-refractivity contribution in [3.8, 4) is 17.0 Å². The van der Waals surface area contributed by atoms with Crippen LogP contribution in [0.3, 0.4) is 0 Å². The Hall–Kier alpha value is -4.01. The lowest BCUT2D eigenvalue weighted by atomic mass is 10.1. The van der Waals surface area contributed by atoms with Crippen molar-refractivity contribution >= 4 is 17.8 Å². The highest BCUT2D eigenvalue weighted by atomic mass is 16.6. The van der Waals surface area contributed by atoms with Crippen molar-refractivity contribution in [3.05, 3.63) is 76.0 Å². The summed E-state index contributed by atoms with van der Waals surface area (Å²) in [6, 6.07) is 14.8. The average molecular weight is 379 g/mol. The monoisotopic (exact) mass is 379 g/mol. The number of non-ortho nitro benzene ring substituents is 1. The van der Waals surface area contributed by atoms with Crippen LogP contribution in [0, 0.1) is 10.1 Å². The molecule has 0 saturated heterocycles. The van der Waals surface area contributed by atoms with Gasteiger partial charge in [0.2, 0.25) is 0 Å². The molecule has 3 rings (SSSR count). The first-order valence-corrected chi connectivity index (χ1v) is 8.43. The molecule has 0 bridgehead atoms. The van der Waals surface area contributed by atoms with Crippen LogP contribution in [0.1, 0.15) is 23.0 Å². The largest absolute Gasteiger partial charge is 0.494 e. The Morgan fingerprint density at radius 1 is 1.29 bits per heavy atom. The molecule has 0 unspecified atom stereocenters. The molecule has 1 heterocycles. The normalized spacial score (nSPS) is 10.8. The molecule has 2 aromatic carbocycles. The van der Waals surface area contributed by atoms with Crippen LogP contribution < -0.4 is 10.2 Å². The maximum absolute atomic E-state index is 12.2. The summed E-state index contributed by atoms with van der Waals surface area (Å²) in [5.41, 5.74) is 4.65. The number of aromatic nitrogens is 2. The van der Waals surface area contributed by atoms with Gasteiger partial charge in [0.15, 0.2) is 0 Å². The minimum absolute atomic E-state index is 0.0143. The van der Waals surface area contributed by atoms with Crippen LogP contribution in [-0.2, 0) is 0 Å². The van der Waals surface area contributed by atoms with Crippen LogP contribution in [0.25, 0.3) is 11.3 Å². The van der Waals surface area contributed by atoms with E-state index in [4.69, 9.17) is 4.74 Å². The number of rotatable bonds is 7. The summed E-state index contributed by atoms with van der Waals surface area (Å²) >= 11 is 0. The van der Waals surface area contributed by atoms with E-state index >= 15 is 0 Å². The Bertz CT molecular complexity index is 1010. The SMILES string of the molecule is CCOc1cccc(-c2cc(C(=O)NN=Cc3ccc([N+](=O)[O-])cc3)[nH]n2)c1. The third-order valence-electron chi connectivity index (χ3n) is 3.75. The Labute approximate surface area is 160 Å². The molecule has 0 atom stereocenters. The number of H-pyrrole nitrogens is 1. The number of carbonyl (C=O) groups excluding carboxylic acids is 1. The minimum atomic E-state index is -0.484. The summed E-state index contributed by atoms with van der Waals surface area (Å²) < 4.78 is 5.46. The standard InChI is InChI=1S/C19H17N5O4/c1-2-28-16-5-3-4-14(10-16)17-11-18(22-21-17)19(25)23-20-12-13-6-8-15(9-7-13)24(26)27/h3-12H,2H2,1H3,(H,21,22)(H,23,25). The van der Waals surface area contributed by atoms with Gasteiger partial charge >= 0.3 is 0 Å². The van der Waals surface area contributed by atoms with Gasteiger partial charge in [-0.2, -0.15) is 10.2 Å². The van der Waals surface area contributed by atoms with Gasteiger partial charge in [-0.05, 0) is 42.8 Å². The highest BCUT2D eigenvalue weighted by Crippen LogP contribution is 2.22. The number of ether oxygens (including phenoxy) is 1. The molecule has 0 aliphatic heterocycles. The van der Waals surface area contributed by atoms with Crippen molar-refractivity contribution in [3.63, 3.8) is 0 Å². The van der Waals surface area contributed by atoms with Crippen molar-refractivity contribution in [2.24, 2.45) is 5.10 Å². The van der Waals surface area contributed by atoms with Crippen LogP contribution >= 0.6 is 0 Å². The van der Waals surface area contributed by atoms with E-state index in [-0.39, 0.29) is 11.4 Å². The number of hydrogen-bond acceptors (Lipinski definition) is 6. The van der Waals surface area contributed by atoms with Gasteiger partial charge in [0.1, 0.15) is 11.4 Å². The van der Waals surface area contributed by atoms with E-state index in [0.29, 0.717) is 17.9 Å². The first-order chi connectivity index (χ1) is 13.6. The molecule has 3 aromatic rings. The van der Waals surface area contributed by atoms with Crippen LogP contribution in [0.5, 0.6) is 5.75 Å². The second kappa shape index (κ2) is 8.58. The molecule has 2 N–H and O–H groups in total. The summed E-state index contributed by atoms with van der Waals surface area (Å²) in [5.74, 6) is 0.263. The Morgan fingerprint density at radius 3 is 2.79 bits per heavy atom. The molecule has 0 aliphatic rings. The molecule has 0 spiro atoms. The van der Waals surface area contributed by atoms with E-state index in [1.165, 1.54) is 30.5 Å². The molecule has 0 fully saturated rings. The predicted octanol–water partition coefficient (Wildman–Crippen LogP) is 3.15. The number of benzene rings is 2. The van der Waals surface area contributed by atoms with Gasteiger partial charge < -0.3 is 4.74 Å². The maximum Gasteiger partial charge on any atom is 0.289 e. The number of amides is 1. The van der Waals surface area contributed by atoms with Crippen molar-refractivity contribution in [1.29, 1.82) is 0 Å². The maximum atomic E-state index is 12.2. The highest BCUT2D eigenvalue weighted by Gasteiger charge is 2.11. The van der Waals surface area contributed by atoms with Gasteiger partial charge in [-0.15, -0.1) is 0 Å². The Balaban J connectivity index is 1.64. The number of nitro benzene ring substituents is 1. The second-order valence-corrected chi connectivity index (χ2v) is 5.68. The Morgan fingerprint density at radius 2 is 2.07 bits per heavy atom. The molecule has 0 saturated carbocycles. The van der Waals surface area contributed by atoms with Crippen LogP contribution in [0.4, 0.5) is 5.69 Å². The van der Waals surface area contributed by atoms with E-state index in [0.717, 1.165) is 11.3 Å². The molecule has 0 aliphatic carbocycles. The molecule has 28 heavy (non-hydrogen) atoms. The zero-order valence-corrected chi connectivity index (χ0v) is 15.0. The lowest BCUT2D eigenvalue weighted by Gasteiger charge is -2.03. The summed E-state index contributed by atoms with van der Waals surface area (Å²) in [4.78, 5) is 22.3. The van der Waals surface area contributed by atoms with Crippen molar-refractivity contribution < 1.29 is 14.5 Å². The molecule has 9 heteroatoms. The predicted molar refractivity (Wildman–Crippen MR) is 103 cm³/mol. The van der Waals surface area contributed by atoms with Gasteiger partial charge in [0, 0.05) is 17.7 Å². The average Bonchev–Trinajstić information content (AvgIpc) is 3.19. The lowest BCUT2D eigenvalue weighted by molar-refractivity contribution is -0.384. The Kier molecular flexibility index (Phi) is 5.75. The van der Waals surface area contributed by atoms with Crippen molar-refractivity contribution in [1.82, 2.24) is 15.6 Å². The fourth-order valence-electron chi connectivity index (χ4n) is 2.41. The zero-order valence-electron chi connectivity index (χ0n) is 15.0. The van der Waals surface area contributed by atoms with Crippen LogP contribution in [0.15, 0.2) is 59.7 Å². The number of aromatic amines is 1. The summed E-state index contributed by atoms with van der Waals surface area (Å²) in [5, 5.41) is 21.3. The fourth-order valence-corrected chi connectivity index (χ4v) is 2.41. The van der Waals surface area contributed by atoms with Crippen molar-refractivity contribution in [2.75, 3.05) is 6.61 Å². The van der Waals surface area contributed by atoms with Gasteiger partial charge in [0.05, 0.1) is 23.4 Å². The van der Waals surface area contributed by atoms with E-state index in [9.17, 15) is 14.9 Å². The number of hydrogen-bond donors (Lipinski definition) is 2. The van der Waals surface area contributed by atoms with Crippen LogP contribution in [-0.4, -0.2) is 33.8 Å². The second-order valence-electron chi connectivity index (χ2n) is 5.68. The van der Waals surface area contributed by atoms with E-state index < -0.39 is 10.8 Å². The summed E-state index contributed by atoms with van der Waals surface area (Å²) in [6.07, 6.45) is 1.39. The highest BCUT2D eigenvalue weighted by molar-refractivity contribution is 5.94. The van der Waals surface area contributed by atoms with Crippen LogP contribution in [0.2, 0.25) is 0 Å². The van der Waals surface area contributed by atoms with Gasteiger partial charge in [0.25, 0.3) is 11.6 Å². The number of nitrogens with one attached hydrogen (secondary N) is 2. The number of nitrogens with zero attached hydrogens (tertiary/aromatic N) is 3. The molecule has 1 aromatic heterocycles. The molecule has 142 valence electrons. The third-order valence-corrected chi connectivity index (χ3v) is 3.75. The summed E-state index contributed by atoms with van der Waals surface area (Å²) in [6.45, 7) is 2.46. The topological polar surface area (TPSA) is 123 Å². The smallest absolute Gasteiger partial charge is 0.289 e. The number of hydrazone groups is 1. The fraction of sp³-hybridized carbons (Fsp3) is 0.105. The molecular weight excluding hydrogens is 362 g/mol. The minimum Gasteiger partial charge on any atom is -0.494 e. The first kappa shape index (κ1) is 18.8. The first-order valence-electron chi connectivity index (χ1n) is 8.43. The van der Waals surface area contributed by atoms with E-state index in [1.807, 2.05) is 31.2 Å². The van der Waals surface area contributed by atoms with E-state index in [2.05, 4.69) is 20.7 Å². The zero-order chi connectivity index (χ0) is 19.9. The number of nitro groups is 1. The lowest BCUT2D eigenvalue weighted by Crippen LogP contribution is -2.17. The van der Waals surface area contributed by atoms with Crippen molar-refractivity contribution in [2.45, 2.75) is 6.92 Å². The van der Waals surface area contributed by atoms with Gasteiger partial charge in [-0.1, -0.05) is 12.1 Å². The van der Waals surface area contributed by atoms with Gasteiger partial charge in [-0.3, -0.25) is 20.0 Å². The third kappa shape index (κ3) is 4.58. The molecular formula is C19H17N5O4. The van der Waals surface area contributed by atoms with Gasteiger partial charge in [-0.25, -0.2) is 5.43 Å². The summed E-state index contributed by atoms with van der Waals surface area (Å²) in [7, 11) is 0. The molecule has 9 nitrogen and oxygen atoms in total.